The predicted octanol–water partition coefficient (Wildman–Crippen LogP) is 3.07. The average molecular weight is 240 g/mol. The summed E-state index contributed by atoms with van der Waals surface area (Å²) in [6.45, 7) is 3.50. The third-order valence-electron chi connectivity index (χ3n) is 2.21. The van der Waals surface area contributed by atoms with Crippen LogP contribution in [0.1, 0.15) is 31.9 Å². The standard InChI is InChI=1S/C12H14ClNO2/c1-3-10(7-14)16-12-5-4-9(13)6-11(12)8(2)15/h4-6,8,10,15H,3H2,1-2H3. The second kappa shape index (κ2) is 5.74. The monoisotopic (exact) mass is 239 g/mol. The van der Waals surface area contributed by atoms with Gasteiger partial charge in [0.15, 0.2) is 6.10 Å². The average Bonchev–Trinajstić information content (AvgIpc) is 2.27. The van der Waals surface area contributed by atoms with Crippen LogP contribution in [0, 0.1) is 11.3 Å². The fraction of sp³-hybridized carbons (Fsp3) is 0.417. The van der Waals surface area contributed by atoms with Crippen molar-refractivity contribution in [3.63, 3.8) is 0 Å². The Labute approximate surface area is 100 Å². The molecule has 0 amide bonds. The van der Waals surface area contributed by atoms with E-state index in [0.29, 0.717) is 22.8 Å². The molecule has 0 radical (unpaired) electrons. The van der Waals surface area contributed by atoms with Crippen molar-refractivity contribution in [3.8, 4) is 11.8 Å². The first-order valence-corrected chi connectivity index (χ1v) is 5.50. The Morgan fingerprint density at radius 1 is 1.56 bits per heavy atom. The number of aliphatic hydroxyl groups excluding tert-OH is 1. The van der Waals surface area contributed by atoms with Gasteiger partial charge in [-0.2, -0.15) is 5.26 Å². The van der Waals surface area contributed by atoms with Gasteiger partial charge in [0.05, 0.1) is 6.10 Å². The van der Waals surface area contributed by atoms with Gasteiger partial charge in [-0.05, 0) is 31.5 Å². The fourth-order valence-corrected chi connectivity index (χ4v) is 1.49. The molecule has 3 nitrogen and oxygen atoms in total. The molecule has 0 saturated heterocycles. The van der Waals surface area contributed by atoms with E-state index >= 15 is 0 Å². The molecule has 1 N–H and O–H groups in total. The van der Waals surface area contributed by atoms with Gasteiger partial charge in [0.2, 0.25) is 0 Å². The van der Waals surface area contributed by atoms with E-state index in [2.05, 4.69) is 0 Å². The van der Waals surface area contributed by atoms with Gasteiger partial charge in [-0.15, -0.1) is 0 Å². The highest BCUT2D eigenvalue weighted by molar-refractivity contribution is 6.30. The number of rotatable bonds is 4. The zero-order valence-corrected chi connectivity index (χ0v) is 10.0. The summed E-state index contributed by atoms with van der Waals surface area (Å²) in [6, 6.07) is 7.03. The van der Waals surface area contributed by atoms with Gasteiger partial charge in [-0.1, -0.05) is 18.5 Å². The number of ether oxygens (including phenoxy) is 1. The number of aliphatic hydroxyl groups is 1. The molecule has 0 saturated carbocycles. The van der Waals surface area contributed by atoms with Gasteiger partial charge in [0, 0.05) is 10.6 Å². The maximum absolute atomic E-state index is 9.57. The summed E-state index contributed by atoms with van der Waals surface area (Å²) in [4.78, 5) is 0. The maximum Gasteiger partial charge on any atom is 0.184 e. The van der Waals surface area contributed by atoms with E-state index in [4.69, 9.17) is 21.6 Å². The Balaban J connectivity index is 3.00. The van der Waals surface area contributed by atoms with Crippen LogP contribution in [-0.4, -0.2) is 11.2 Å². The summed E-state index contributed by atoms with van der Waals surface area (Å²) in [5, 5.41) is 18.9. The largest absolute Gasteiger partial charge is 0.475 e. The van der Waals surface area contributed by atoms with Crippen LogP contribution >= 0.6 is 11.6 Å². The molecule has 86 valence electrons. The topological polar surface area (TPSA) is 53.2 Å². The van der Waals surface area contributed by atoms with Crippen LogP contribution in [0.2, 0.25) is 5.02 Å². The van der Waals surface area contributed by atoms with Gasteiger partial charge in [-0.3, -0.25) is 0 Å². The lowest BCUT2D eigenvalue weighted by molar-refractivity contribution is 0.184. The second-order valence-corrected chi connectivity index (χ2v) is 3.94. The van der Waals surface area contributed by atoms with E-state index < -0.39 is 12.2 Å². The zero-order chi connectivity index (χ0) is 12.1. The van der Waals surface area contributed by atoms with E-state index in [1.165, 1.54) is 0 Å². The SMILES string of the molecule is CCC(C#N)Oc1ccc(Cl)cc1C(C)O. The summed E-state index contributed by atoms with van der Waals surface area (Å²) >= 11 is 5.83. The molecule has 16 heavy (non-hydrogen) atoms. The molecule has 1 rings (SSSR count). The minimum absolute atomic E-state index is 0.501. The molecule has 4 heteroatoms. The third-order valence-corrected chi connectivity index (χ3v) is 2.44. The summed E-state index contributed by atoms with van der Waals surface area (Å²) in [6.07, 6.45) is -0.582. The number of nitriles is 1. The summed E-state index contributed by atoms with van der Waals surface area (Å²) < 4.78 is 5.48. The fourth-order valence-electron chi connectivity index (χ4n) is 1.31. The number of halogens is 1. The van der Waals surface area contributed by atoms with Gasteiger partial charge in [-0.25, -0.2) is 0 Å². The molecule has 1 aromatic rings. The van der Waals surface area contributed by atoms with Crippen molar-refractivity contribution in [2.45, 2.75) is 32.5 Å². The molecule has 0 spiro atoms. The van der Waals surface area contributed by atoms with Crippen LogP contribution in [0.25, 0.3) is 0 Å². The Morgan fingerprint density at radius 2 is 2.25 bits per heavy atom. The van der Waals surface area contributed by atoms with E-state index in [1.54, 1.807) is 25.1 Å². The first-order chi connectivity index (χ1) is 7.58. The smallest absolute Gasteiger partial charge is 0.184 e. The van der Waals surface area contributed by atoms with Crippen LogP contribution in [0.5, 0.6) is 5.75 Å². The molecular formula is C12H14ClNO2. The summed E-state index contributed by atoms with van der Waals surface area (Å²) in [5.74, 6) is 0.507. The Morgan fingerprint density at radius 3 is 2.75 bits per heavy atom. The lowest BCUT2D eigenvalue weighted by Gasteiger charge is -2.16. The molecule has 0 heterocycles. The van der Waals surface area contributed by atoms with Gasteiger partial charge in [0.1, 0.15) is 11.8 Å². The summed E-state index contributed by atoms with van der Waals surface area (Å²) in [7, 11) is 0. The molecule has 0 aliphatic carbocycles. The Bertz CT molecular complexity index is 398. The predicted molar refractivity (Wildman–Crippen MR) is 62.4 cm³/mol. The number of benzene rings is 1. The van der Waals surface area contributed by atoms with Gasteiger partial charge < -0.3 is 9.84 Å². The van der Waals surface area contributed by atoms with Crippen molar-refractivity contribution < 1.29 is 9.84 Å². The van der Waals surface area contributed by atoms with E-state index in [9.17, 15) is 5.11 Å². The quantitative estimate of drug-likeness (QED) is 0.879. The van der Waals surface area contributed by atoms with Crippen molar-refractivity contribution in [2.24, 2.45) is 0 Å². The summed E-state index contributed by atoms with van der Waals surface area (Å²) in [5.41, 5.74) is 0.598. The Hall–Kier alpha value is -1.24. The first-order valence-electron chi connectivity index (χ1n) is 5.12. The van der Waals surface area contributed by atoms with Crippen LogP contribution in [0.4, 0.5) is 0 Å². The number of hydrogen-bond acceptors (Lipinski definition) is 3. The van der Waals surface area contributed by atoms with Crippen molar-refractivity contribution >= 4 is 11.6 Å². The van der Waals surface area contributed by atoms with E-state index in [0.717, 1.165) is 0 Å². The zero-order valence-electron chi connectivity index (χ0n) is 9.27. The van der Waals surface area contributed by atoms with Crippen molar-refractivity contribution in [3.05, 3.63) is 28.8 Å². The van der Waals surface area contributed by atoms with E-state index in [1.807, 2.05) is 13.0 Å². The Kier molecular flexibility index (Phi) is 4.60. The van der Waals surface area contributed by atoms with Crippen LogP contribution in [0.15, 0.2) is 18.2 Å². The lowest BCUT2D eigenvalue weighted by atomic mass is 10.1. The van der Waals surface area contributed by atoms with E-state index in [-0.39, 0.29) is 0 Å². The van der Waals surface area contributed by atoms with Crippen molar-refractivity contribution in [1.82, 2.24) is 0 Å². The molecule has 0 aliphatic heterocycles. The maximum atomic E-state index is 9.57. The number of nitrogens with zero attached hydrogens (tertiary/aromatic N) is 1. The van der Waals surface area contributed by atoms with Gasteiger partial charge in [0.25, 0.3) is 0 Å². The normalized spacial score (nSPS) is 13.9. The number of hydrogen-bond donors (Lipinski definition) is 1. The minimum Gasteiger partial charge on any atom is -0.475 e. The molecule has 2 unspecified atom stereocenters. The van der Waals surface area contributed by atoms with Crippen LogP contribution in [-0.2, 0) is 0 Å². The van der Waals surface area contributed by atoms with Crippen LogP contribution < -0.4 is 4.74 Å². The molecule has 0 aromatic heterocycles. The lowest BCUT2D eigenvalue weighted by Crippen LogP contribution is -2.13. The first kappa shape index (κ1) is 12.8. The second-order valence-electron chi connectivity index (χ2n) is 3.50. The molecule has 1 aromatic carbocycles. The minimum atomic E-state index is -0.676. The third kappa shape index (κ3) is 3.13. The molecular weight excluding hydrogens is 226 g/mol. The molecule has 0 bridgehead atoms. The van der Waals surface area contributed by atoms with Crippen molar-refractivity contribution in [1.29, 1.82) is 5.26 Å². The molecule has 2 atom stereocenters. The molecule has 0 fully saturated rings. The molecule has 0 aliphatic rings. The highest BCUT2D eigenvalue weighted by Crippen LogP contribution is 2.29. The van der Waals surface area contributed by atoms with Crippen LogP contribution in [0.3, 0.4) is 0 Å². The highest BCUT2D eigenvalue weighted by Gasteiger charge is 2.13. The highest BCUT2D eigenvalue weighted by atomic mass is 35.5. The van der Waals surface area contributed by atoms with Gasteiger partial charge >= 0.3 is 0 Å². The van der Waals surface area contributed by atoms with Crippen molar-refractivity contribution in [2.75, 3.05) is 0 Å².